The Kier molecular flexibility index (Phi) is 6.81. The first-order valence-electron chi connectivity index (χ1n) is 8.22. The van der Waals surface area contributed by atoms with Crippen LogP contribution in [0.3, 0.4) is 0 Å². The number of aryl methyl sites for hydroxylation is 1. The second-order valence-electron chi connectivity index (χ2n) is 6.00. The standard InChI is InChI=1S/C17H20ClN5O5/c1-8-6-19-12(9(2)15(8)27-4)14(21-10(3)16(24)28-5)13-11(23(25)26)7-20-17(18)22-13/h6-7,10,14,21H,1-5H3/t10-,14?/m0/s1. The van der Waals surface area contributed by atoms with Gasteiger partial charge in [0.05, 0.1) is 24.8 Å². The molecule has 0 saturated carbocycles. The van der Waals surface area contributed by atoms with E-state index in [1.54, 1.807) is 20.0 Å². The fraction of sp³-hybridized carbons (Fsp3) is 0.412. The maximum atomic E-state index is 11.9. The van der Waals surface area contributed by atoms with Gasteiger partial charge in [-0.25, -0.2) is 9.97 Å². The highest BCUT2D eigenvalue weighted by Crippen LogP contribution is 2.34. The van der Waals surface area contributed by atoms with Crippen molar-refractivity contribution >= 4 is 23.3 Å². The van der Waals surface area contributed by atoms with E-state index in [9.17, 15) is 14.9 Å². The summed E-state index contributed by atoms with van der Waals surface area (Å²) >= 11 is 5.89. The number of esters is 1. The Bertz CT molecular complexity index is 908. The van der Waals surface area contributed by atoms with Crippen LogP contribution in [0.25, 0.3) is 0 Å². The highest BCUT2D eigenvalue weighted by molar-refractivity contribution is 6.28. The molecular weight excluding hydrogens is 390 g/mol. The van der Waals surface area contributed by atoms with Crippen LogP contribution in [0.2, 0.25) is 5.28 Å². The normalized spacial score (nSPS) is 12.9. The molecule has 2 rings (SSSR count). The van der Waals surface area contributed by atoms with Gasteiger partial charge in [0.25, 0.3) is 0 Å². The van der Waals surface area contributed by atoms with Gasteiger partial charge in [-0.3, -0.25) is 25.2 Å². The van der Waals surface area contributed by atoms with Crippen molar-refractivity contribution in [3.63, 3.8) is 0 Å². The largest absolute Gasteiger partial charge is 0.496 e. The van der Waals surface area contributed by atoms with Crippen LogP contribution in [-0.2, 0) is 9.53 Å². The van der Waals surface area contributed by atoms with Gasteiger partial charge in [0.2, 0.25) is 5.28 Å². The van der Waals surface area contributed by atoms with E-state index < -0.39 is 23.0 Å². The van der Waals surface area contributed by atoms with Crippen molar-refractivity contribution < 1.29 is 19.2 Å². The van der Waals surface area contributed by atoms with Crippen molar-refractivity contribution in [2.75, 3.05) is 14.2 Å². The van der Waals surface area contributed by atoms with Crippen LogP contribution in [0.5, 0.6) is 5.75 Å². The molecule has 2 heterocycles. The highest BCUT2D eigenvalue weighted by Gasteiger charge is 2.32. The number of pyridine rings is 1. The van der Waals surface area contributed by atoms with E-state index in [0.717, 1.165) is 11.8 Å². The molecule has 0 aliphatic rings. The van der Waals surface area contributed by atoms with Gasteiger partial charge in [-0.2, -0.15) is 0 Å². The van der Waals surface area contributed by atoms with E-state index in [1.807, 2.05) is 6.92 Å². The summed E-state index contributed by atoms with van der Waals surface area (Å²) in [5.74, 6) is 0.0230. The van der Waals surface area contributed by atoms with Crippen LogP contribution in [0.15, 0.2) is 12.4 Å². The predicted octanol–water partition coefficient (Wildman–Crippen LogP) is 2.30. The number of nitrogens with one attached hydrogen (secondary N) is 1. The van der Waals surface area contributed by atoms with Crippen LogP contribution in [-0.4, -0.2) is 46.1 Å². The molecule has 0 aromatic carbocycles. The van der Waals surface area contributed by atoms with Gasteiger partial charge in [0, 0.05) is 17.3 Å². The minimum absolute atomic E-state index is 0.0257. The summed E-state index contributed by atoms with van der Waals surface area (Å²) in [5.41, 5.74) is 1.44. The summed E-state index contributed by atoms with van der Waals surface area (Å²) in [5, 5.41) is 14.3. The highest BCUT2D eigenvalue weighted by atomic mass is 35.5. The minimum Gasteiger partial charge on any atom is -0.496 e. The molecule has 28 heavy (non-hydrogen) atoms. The lowest BCUT2D eigenvalue weighted by atomic mass is 10.0. The number of nitro groups is 1. The average molecular weight is 410 g/mol. The number of ether oxygens (including phenoxy) is 2. The summed E-state index contributed by atoms with van der Waals surface area (Å²) in [6, 6.07) is -1.75. The average Bonchev–Trinajstić information content (AvgIpc) is 2.65. The predicted molar refractivity (Wildman–Crippen MR) is 100 cm³/mol. The Labute approximate surface area is 166 Å². The number of halogens is 1. The molecule has 0 aliphatic heterocycles. The van der Waals surface area contributed by atoms with E-state index in [2.05, 4.69) is 20.3 Å². The van der Waals surface area contributed by atoms with Crippen LogP contribution >= 0.6 is 11.6 Å². The Balaban J connectivity index is 2.71. The molecule has 0 bridgehead atoms. The summed E-state index contributed by atoms with van der Waals surface area (Å²) in [6.45, 7) is 5.15. The molecular formula is C17H20ClN5O5. The third-order valence-electron chi connectivity index (χ3n) is 4.17. The van der Waals surface area contributed by atoms with Gasteiger partial charge >= 0.3 is 11.7 Å². The number of rotatable bonds is 7. The van der Waals surface area contributed by atoms with E-state index in [4.69, 9.17) is 21.1 Å². The molecule has 2 atom stereocenters. The van der Waals surface area contributed by atoms with Crippen molar-refractivity contribution in [1.29, 1.82) is 0 Å². The van der Waals surface area contributed by atoms with Gasteiger partial charge in [-0.15, -0.1) is 0 Å². The van der Waals surface area contributed by atoms with E-state index in [0.29, 0.717) is 17.0 Å². The minimum atomic E-state index is -0.940. The van der Waals surface area contributed by atoms with Crippen molar-refractivity contribution in [2.45, 2.75) is 32.9 Å². The van der Waals surface area contributed by atoms with Crippen molar-refractivity contribution in [3.8, 4) is 5.75 Å². The molecule has 0 spiro atoms. The first kappa shape index (κ1) is 21.5. The molecule has 0 radical (unpaired) electrons. The summed E-state index contributed by atoms with van der Waals surface area (Å²) in [6.07, 6.45) is 2.59. The summed E-state index contributed by atoms with van der Waals surface area (Å²) in [4.78, 5) is 35.0. The van der Waals surface area contributed by atoms with E-state index in [-0.39, 0.29) is 16.7 Å². The van der Waals surface area contributed by atoms with Crippen LogP contribution in [0.4, 0.5) is 5.69 Å². The van der Waals surface area contributed by atoms with E-state index >= 15 is 0 Å². The van der Waals surface area contributed by atoms with Crippen LogP contribution in [0.1, 0.15) is 35.5 Å². The molecule has 0 saturated heterocycles. The monoisotopic (exact) mass is 409 g/mol. The zero-order valence-electron chi connectivity index (χ0n) is 16.0. The van der Waals surface area contributed by atoms with Crippen LogP contribution < -0.4 is 10.1 Å². The van der Waals surface area contributed by atoms with Gasteiger partial charge in [-0.05, 0) is 32.4 Å². The van der Waals surface area contributed by atoms with Gasteiger partial charge in [-0.1, -0.05) is 0 Å². The Morgan fingerprint density at radius 2 is 1.93 bits per heavy atom. The third-order valence-corrected chi connectivity index (χ3v) is 4.35. The Morgan fingerprint density at radius 3 is 2.50 bits per heavy atom. The Hall–Kier alpha value is -2.85. The molecule has 1 unspecified atom stereocenters. The van der Waals surface area contributed by atoms with Crippen molar-refractivity contribution in [3.05, 3.63) is 50.3 Å². The molecule has 150 valence electrons. The zero-order valence-corrected chi connectivity index (χ0v) is 16.8. The number of carbonyl (C=O) groups is 1. The van der Waals surface area contributed by atoms with Gasteiger partial charge in [0.15, 0.2) is 0 Å². The SMILES string of the molecule is COC(=O)[C@H](C)NC(c1nc(Cl)ncc1[N+](=O)[O-])c1ncc(C)c(OC)c1C. The number of carbonyl (C=O) groups excluding carboxylic acids is 1. The first-order valence-corrected chi connectivity index (χ1v) is 8.59. The number of hydrogen-bond acceptors (Lipinski definition) is 9. The smallest absolute Gasteiger partial charge is 0.322 e. The topological polar surface area (TPSA) is 129 Å². The lowest BCUT2D eigenvalue weighted by Crippen LogP contribution is -2.39. The second-order valence-corrected chi connectivity index (χ2v) is 6.33. The lowest BCUT2D eigenvalue weighted by molar-refractivity contribution is -0.386. The quantitative estimate of drug-likeness (QED) is 0.316. The number of methoxy groups -OCH3 is 2. The molecule has 2 aromatic rings. The summed E-state index contributed by atoms with van der Waals surface area (Å²) in [7, 11) is 2.76. The van der Waals surface area contributed by atoms with Gasteiger partial charge < -0.3 is 9.47 Å². The molecule has 0 fully saturated rings. The van der Waals surface area contributed by atoms with Crippen molar-refractivity contribution in [1.82, 2.24) is 20.3 Å². The molecule has 1 N–H and O–H groups in total. The molecule has 11 heteroatoms. The third kappa shape index (κ3) is 4.34. The van der Waals surface area contributed by atoms with Crippen LogP contribution in [0, 0.1) is 24.0 Å². The summed E-state index contributed by atoms with van der Waals surface area (Å²) < 4.78 is 10.2. The second kappa shape index (κ2) is 8.89. The lowest BCUT2D eigenvalue weighted by Gasteiger charge is -2.23. The molecule has 0 aliphatic carbocycles. The van der Waals surface area contributed by atoms with Crippen molar-refractivity contribution in [2.24, 2.45) is 0 Å². The molecule has 10 nitrogen and oxygen atoms in total. The number of aromatic nitrogens is 3. The first-order chi connectivity index (χ1) is 13.2. The Morgan fingerprint density at radius 1 is 1.25 bits per heavy atom. The number of hydrogen-bond donors (Lipinski definition) is 1. The fourth-order valence-corrected chi connectivity index (χ4v) is 2.98. The number of nitrogens with zero attached hydrogens (tertiary/aromatic N) is 4. The fourth-order valence-electron chi connectivity index (χ4n) is 2.84. The zero-order chi connectivity index (χ0) is 21.0. The maximum Gasteiger partial charge on any atom is 0.322 e. The molecule has 2 aromatic heterocycles. The van der Waals surface area contributed by atoms with E-state index in [1.165, 1.54) is 14.2 Å². The van der Waals surface area contributed by atoms with Gasteiger partial charge in [0.1, 0.15) is 29.7 Å². The molecule has 0 amide bonds. The maximum absolute atomic E-state index is 11.9.